The Morgan fingerprint density at radius 1 is 1.15 bits per heavy atom. The van der Waals surface area contributed by atoms with E-state index in [-0.39, 0.29) is 31.0 Å². The molecule has 0 spiro atoms. The number of carbonyl (C=O) groups excluding carboxylic acids is 2. The van der Waals surface area contributed by atoms with Crippen LogP contribution in [0.1, 0.15) is 63.9 Å². The third kappa shape index (κ3) is 6.59. The molecule has 0 unspecified atom stereocenters. The van der Waals surface area contributed by atoms with Crippen LogP contribution < -0.4 is 21.9 Å². The highest BCUT2D eigenvalue weighted by atomic mass is 16.5. The number of nitrogens with two attached hydrogens (primary N) is 1. The van der Waals surface area contributed by atoms with Crippen molar-refractivity contribution in [2.75, 3.05) is 23.8 Å². The summed E-state index contributed by atoms with van der Waals surface area (Å²) in [6.07, 6.45) is 8.27. The van der Waals surface area contributed by atoms with Gasteiger partial charge >= 0.3 is 11.7 Å². The molecule has 1 aromatic heterocycles. The first-order valence-electron chi connectivity index (χ1n) is 12.0. The Hall–Kier alpha value is -3.36. The summed E-state index contributed by atoms with van der Waals surface area (Å²) in [7, 11) is 0. The Balaban J connectivity index is 1.63. The van der Waals surface area contributed by atoms with Gasteiger partial charge in [0.25, 0.3) is 11.5 Å². The molecule has 2 aromatic rings. The summed E-state index contributed by atoms with van der Waals surface area (Å²) >= 11 is 0. The second-order valence-electron chi connectivity index (χ2n) is 8.76. The van der Waals surface area contributed by atoms with Crippen LogP contribution in [0.3, 0.4) is 0 Å². The summed E-state index contributed by atoms with van der Waals surface area (Å²) in [6.45, 7) is 1.44. The molecule has 0 saturated heterocycles. The molecule has 0 radical (unpaired) electrons. The lowest BCUT2D eigenvalue weighted by molar-refractivity contribution is -0.148. The second kappa shape index (κ2) is 12.2. The standard InChI is InChI=1S/C25H34N4O5/c1-2-28(20(30)17-34-21(31)15-9-14-18-10-5-3-6-11-18)22-23(26)29(25(33)27-24(22)32)16-19-12-7-4-8-13-19/h4,7-8,12-13,18H,2-3,5-6,9-11,14-17,26H2,1H3,(H,27,32,33). The van der Waals surface area contributed by atoms with Gasteiger partial charge in [0, 0.05) is 13.0 Å². The molecular formula is C25H34N4O5. The summed E-state index contributed by atoms with van der Waals surface area (Å²) < 4.78 is 6.38. The minimum Gasteiger partial charge on any atom is -0.456 e. The van der Waals surface area contributed by atoms with E-state index >= 15 is 0 Å². The van der Waals surface area contributed by atoms with Crippen molar-refractivity contribution in [1.29, 1.82) is 0 Å². The van der Waals surface area contributed by atoms with E-state index in [1.807, 2.05) is 30.3 Å². The second-order valence-corrected chi connectivity index (χ2v) is 8.76. The van der Waals surface area contributed by atoms with Crippen molar-refractivity contribution in [3.8, 4) is 0 Å². The zero-order valence-corrected chi connectivity index (χ0v) is 19.8. The zero-order chi connectivity index (χ0) is 24.5. The van der Waals surface area contributed by atoms with Gasteiger partial charge in [0.05, 0.1) is 6.54 Å². The summed E-state index contributed by atoms with van der Waals surface area (Å²) in [4.78, 5) is 53.3. The molecule has 34 heavy (non-hydrogen) atoms. The number of hydrogen-bond donors (Lipinski definition) is 2. The summed E-state index contributed by atoms with van der Waals surface area (Å²) in [6, 6.07) is 9.16. The van der Waals surface area contributed by atoms with E-state index in [0.29, 0.717) is 5.92 Å². The Morgan fingerprint density at radius 3 is 2.53 bits per heavy atom. The number of amides is 1. The van der Waals surface area contributed by atoms with E-state index in [4.69, 9.17) is 10.5 Å². The fourth-order valence-corrected chi connectivity index (χ4v) is 4.52. The Kier molecular flexibility index (Phi) is 9.07. The van der Waals surface area contributed by atoms with Crippen molar-refractivity contribution in [2.24, 2.45) is 5.92 Å². The summed E-state index contributed by atoms with van der Waals surface area (Å²) in [5, 5.41) is 0. The molecule has 184 valence electrons. The van der Waals surface area contributed by atoms with Gasteiger partial charge in [-0.2, -0.15) is 0 Å². The fraction of sp³-hybridized carbons (Fsp3) is 0.520. The van der Waals surface area contributed by atoms with Gasteiger partial charge in [0.2, 0.25) is 0 Å². The lowest BCUT2D eigenvalue weighted by Crippen LogP contribution is -2.42. The van der Waals surface area contributed by atoms with Crippen LogP contribution in [0.2, 0.25) is 0 Å². The molecule has 1 fully saturated rings. The lowest BCUT2D eigenvalue weighted by atomic mass is 9.86. The van der Waals surface area contributed by atoms with Crippen LogP contribution in [0.4, 0.5) is 11.5 Å². The molecule has 3 rings (SSSR count). The highest BCUT2D eigenvalue weighted by Crippen LogP contribution is 2.27. The molecule has 9 nitrogen and oxygen atoms in total. The number of hydrogen-bond acceptors (Lipinski definition) is 6. The van der Waals surface area contributed by atoms with Crippen molar-refractivity contribution < 1.29 is 14.3 Å². The minimum atomic E-state index is -0.763. The Labute approximate surface area is 198 Å². The molecule has 9 heteroatoms. The number of aromatic amines is 1. The maximum Gasteiger partial charge on any atom is 0.330 e. The van der Waals surface area contributed by atoms with Crippen molar-refractivity contribution in [3.63, 3.8) is 0 Å². The highest BCUT2D eigenvalue weighted by molar-refractivity contribution is 5.97. The predicted molar refractivity (Wildman–Crippen MR) is 131 cm³/mol. The van der Waals surface area contributed by atoms with Crippen LogP contribution in [0, 0.1) is 5.92 Å². The van der Waals surface area contributed by atoms with Gasteiger partial charge in [0.1, 0.15) is 5.82 Å². The number of nitrogens with one attached hydrogen (secondary N) is 1. The molecule has 1 aromatic carbocycles. The first-order valence-corrected chi connectivity index (χ1v) is 12.0. The van der Waals surface area contributed by atoms with Crippen LogP contribution >= 0.6 is 0 Å². The van der Waals surface area contributed by atoms with Crippen LogP contribution in [0.15, 0.2) is 39.9 Å². The van der Waals surface area contributed by atoms with Gasteiger partial charge in [-0.25, -0.2) is 4.79 Å². The zero-order valence-electron chi connectivity index (χ0n) is 19.8. The average Bonchev–Trinajstić information content (AvgIpc) is 2.84. The molecule has 3 N–H and O–H groups in total. The molecule has 1 aliphatic carbocycles. The third-order valence-electron chi connectivity index (χ3n) is 6.36. The molecule has 1 amide bonds. The van der Waals surface area contributed by atoms with Crippen molar-refractivity contribution in [2.45, 2.75) is 64.8 Å². The number of H-pyrrole nitrogens is 1. The Morgan fingerprint density at radius 2 is 1.85 bits per heavy atom. The number of benzene rings is 1. The monoisotopic (exact) mass is 470 g/mol. The Bertz CT molecular complexity index is 1090. The quantitative estimate of drug-likeness (QED) is 0.514. The predicted octanol–water partition coefficient (Wildman–Crippen LogP) is 2.81. The number of nitrogens with zero attached hydrogens (tertiary/aromatic N) is 2. The van der Waals surface area contributed by atoms with Crippen molar-refractivity contribution in [1.82, 2.24) is 9.55 Å². The van der Waals surface area contributed by atoms with Gasteiger partial charge in [-0.1, -0.05) is 62.4 Å². The van der Waals surface area contributed by atoms with Gasteiger partial charge in [-0.3, -0.25) is 23.9 Å². The number of anilines is 2. The molecule has 1 saturated carbocycles. The van der Waals surface area contributed by atoms with E-state index in [0.717, 1.165) is 23.3 Å². The van der Waals surface area contributed by atoms with Crippen molar-refractivity contribution in [3.05, 3.63) is 56.7 Å². The van der Waals surface area contributed by atoms with E-state index < -0.39 is 29.7 Å². The topological polar surface area (TPSA) is 127 Å². The first-order chi connectivity index (χ1) is 16.4. The molecule has 0 atom stereocenters. The maximum atomic E-state index is 12.8. The van der Waals surface area contributed by atoms with Crippen molar-refractivity contribution >= 4 is 23.4 Å². The average molecular weight is 471 g/mol. The lowest BCUT2D eigenvalue weighted by Gasteiger charge is -2.23. The van der Waals surface area contributed by atoms with E-state index in [1.165, 1.54) is 36.7 Å². The largest absolute Gasteiger partial charge is 0.456 e. The number of rotatable bonds is 10. The van der Waals surface area contributed by atoms with E-state index in [2.05, 4.69) is 4.98 Å². The number of nitrogen functional groups attached to an aromatic ring is 1. The summed E-state index contributed by atoms with van der Waals surface area (Å²) in [5.41, 5.74) is 5.44. The van der Waals surface area contributed by atoms with Gasteiger partial charge in [-0.05, 0) is 31.2 Å². The SMILES string of the molecule is CCN(C(=O)COC(=O)CCCC1CCCCC1)c1c(N)n(Cc2ccccc2)c(=O)[nH]c1=O. The normalized spacial score (nSPS) is 14.0. The molecule has 1 aliphatic rings. The van der Waals surface area contributed by atoms with Crippen LogP contribution in [-0.2, 0) is 20.9 Å². The number of esters is 1. The molecule has 0 bridgehead atoms. The molecule has 1 heterocycles. The minimum absolute atomic E-state index is 0.119. The van der Waals surface area contributed by atoms with Crippen LogP contribution in [0.5, 0.6) is 0 Å². The van der Waals surface area contributed by atoms with Gasteiger partial charge < -0.3 is 15.4 Å². The van der Waals surface area contributed by atoms with Gasteiger partial charge in [0.15, 0.2) is 12.3 Å². The van der Waals surface area contributed by atoms with E-state index in [9.17, 15) is 19.2 Å². The fourth-order valence-electron chi connectivity index (χ4n) is 4.52. The van der Waals surface area contributed by atoms with E-state index in [1.54, 1.807) is 6.92 Å². The van der Waals surface area contributed by atoms with Gasteiger partial charge in [-0.15, -0.1) is 0 Å². The summed E-state index contributed by atoms with van der Waals surface area (Å²) in [5.74, 6) is -0.451. The molecule has 0 aliphatic heterocycles. The number of likely N-dealkylation sites (N-methyl/N-ethyl adjacent to an activating group) is 1. The first kappa shape index (κ1) is 25.3. The highest BCUT2D eigenvalue weighted by Gasteiger charge is 2.24. The number of ether oxygens (including phenoxy) is 1. The number of carbonyl (C=O) groups is 2. The number of aromatic nitrogens is 2. The van der Waals surface area contributed by atoms with Crippen LogP contribution in [-0.4, -0.2) is 34.6 Å². The maximum absolute atomic E-state index is 12.8. The molecular weight excluding hydrogens is 436 g/mol. The van der Waals surface area contributed by atoms with Crippen LogP contribution in [0.25, 0.3) is 0 Å². The third-order valence-corrected chi connectivity index (χ3v) is 6.36. The smallest absolute Gasteiger partial charge is 0.330 e.